The van der Waals surface area contributed by atoms with Crippen molar-refractivity contribution in [3.63, 3.8) is 0 Å². The van der Waals surface area contributed by atoms with E-state index in [0.29, 0.717) is 12.2 Å². The molecule has 1 atom stereocenters. The van der Waals surface area contributed by atoms with Gasteiger partial charge in [0.25, 0.3) is 0 Å². The van der Waals surface area contributed by atoms with E-state index >= 15 is 0 Å². The van der Waals surface area contributed by atoms with Crippen molar-refractivity contribution < 1.29 is 9.53 Å². The molecule has 7 nitrogen and oxygen atoms in total. The number of ether oxygens (including phenoxy) is 1. The molecule has 3 heterocycles. The van der Waals surface area contributed by atoms with Crippen LogP contribution in [0.2, 0.25) is 25.7 Å². The van der Waals surface area contributed by atoms with E-state index in [1.165, 1.54) is 11.1 Å². The second-order valence-corrected chi connectivity index (χ2v) is 15.9. The Morgan fingerprint density at radius 1 is 1.21 bits per heavy atom. The summed E-state index contributed by atoms with van der Waals surface area (Å²) in [4.78, 5) is 16.2. The van der Waals surface area contributed by atoms with Gasteiger partial charge in [-0.05, 0) is 42.5 Å². The first-order chi connectivity index (χ1) is 16.3. The summed E-state index contributed by atoms with van der Waals surface area (Å²) in [6, 6.07) is 9.43. The van der Waals surface area contributed by atoms with Crippen molar-refractivity contribution in [3.8, 4) is 11.3 Å². The van der Waals surface area contributed by atoms with Gasteiger partial charge in [-0.2, -0.15) is 10.2 Å². The minimum Gasteiger partial charge on any atom is -0.352 e. The number of aldehydes is 1. The van der Waals surface area contributed by atoms with Crippen LogP contribution in [0.25, 0.3) is 22.3 Å². The number of aryl methyl sites for hydroxylation is 2. The lowest BCUT2D eigenvalue weighted by Crippen LogP contribution is -2.24. The molecule has 176 valence electrons. The van der Waals surface area contributed by atoms with E-state index in [9.17, 15) is 4.79 Å². The summed E-state index contributed by atoms with van der Waals surface area (Å²) in [6.45, 7) is 7.73. The highest BCUT2D eigenvalue weighted by Gasteiger charge is 2.27. The number of carbonyl (C=O) groups excluding carboxylic acids is 1. The Balaban J connectivity index is 1.69. The molecule has 5 rings (SSSR count). The van der Waals surface area contributed by atoms with Crippen LogP contribution in [0.1, 0.15) is 39.7 Å². The van der Waals surface area contributed by atoms with Gasteiger partial charge in [-0.1, -0.05) is 37.8 Å². The molecule has 1 aliphatic carbocycles. The summed E-state index contributed by atoms with van der Waals surface area (Å²) in [5, 5.41) is 9.36. The van der Waals surface area contributed by atoms with Crippen molar-refractivity contribution in [2.75, 3.05) is 6.61 Å². The Kier molecular flexibility index (Phi) is 5.95. The van der Waals surface area contributed by atoms with Gasteiger partial charge in [-0.3, -0.25) is 14.5 Å². The van der Waals surface area contributed by atoms with E-state index in [4.69, 9.17) is 9.84 Å². The van der Waals surface area contributed by atoms with Gasteiger partial charge in [0.1, 0.15) is 11.2 Å². The third-order valence-electron chi connectivity index (χ3n) is 6.48. The Morgan fingerprint density at radius 2 is 2.06 bits per heavy atom. The predicted octanol–water partition coefficient (Wildman–Crippen LogP) is 5.03. The molecule has 0 saturated heterocycles. The van der Waals surface area contributed by atoms with Crippen LogP contribution in [0.3, 0.4) is 0 Å². The highest BCUT2D eigenvalue weighted by molar-refractivity contribution is 6.76. The number of nitrogens with zero attached hydrogens (tertiary/aromatic N) is 5. The predicted molar refractivity (Wildman–Crippen MR) is 136 cm³/mol. The van der Waals surface area contributed by atoms with E-state index in [1.54, 1.807) is 17.1 Å². The third-order valence-corrected chi connectivity index (χ3v) is 8.18. The minimum absolute atomic E-state index is 0.388. The normalized spacial score (nSPS) is 14.5. The van der Waals surface area contributed by atoms with E-state index < -0.39 is 8.07 Å². The van der Waals surface area contributed by atoms with Gasteiger partial charge in [-0.15, -0.1) is 0 Å². The van der Waals surface area contributed by atoms with Gasteiger partial charge in [-0.25, -0.2) is 4.68 Å². The SMILES string of the molecule is Cn1cc(-c2nn(C(OCC[Si](C)(C)C)c3cccc4c3CCC4)c3cc(C=O)cnc23)cn1. The first kappa shape index (κ1) is 22.7. The summed E-state index contributed by atoms with van der Waals surface area (Å²) in [5.41, 5.74) is 7.60. The molecular formula is C26H31N5O2Si. The summed E-state index contributed by atoms with van der Waals surface area (Å²) >= 11 is 0. The number of rotatable bonds is 8. The number of carbonyl (C=O) groups is 1. The van der Waals surface area contributed by atoms with Gasteiger partial charge in [0.15, 0.2) is 12.5 Å². The maximum absolute atomic E-state index is 11.6. The highest BCUT2D eigenvalue weighted by atomic mass is 28.3. The van der Waals surface area contributed by atoms with Crippen molar-refractivity contribution in [1.29, 1.82) is 0 Å². The fraction of sp³-hybridized carbons (Fsp3) is 0.385. The average Bonchev–Trinajstić information content (AvgIpc) is 3.53. The second kappa shape index (κ2) is 8.92. The maximum Gasteiger partial charge on any atom is 0.176 e. The first-order valence-corrected chi connectivity index (χ1v) is 15.6. The largest absolute Gasteiger partial charge is 0.352 e. The fourth-order valence-corrected chi connectivity index (χ4v) is 5.40. The van der Waals surface area contributed by atoms with Crippen LogP contribution in [-0.4, -0.2) is 45.5 Å². The quantitative estimate of drug-likeness (QED) is 0.265. The van der Waals surface area contributed by atoms with E-state index in [0.717, 1.165) is 59.4 Å². The first-order valence-electron chi connectivity index (χ1n) is 11.9. The van der Waals surface area contributed by atoms with Crippen LogP contribution < -0.4 is 0 Å². The summed E-state index contributed by atoms with van der Waals surface area (Å²) < 4.78 is 10.3. The van der Waals surface area contributed by atoms with E-state index in [1.807, 2.05) is 24.0 Å². The Labute approximate surface area is 200 Å². The van der Waals surface area contributed by atoms with Gasteiger partial charge in [0.2, 0.25) is 0 Å². The summed E-state index contributed by atoms with van der Waals surface area (Å²) in [6.07, 6.45) is 9.07. The molecular weight excluding hydrogens is 442 g/mol. The number of hydrogen-bond donors (Lipinski definition) is 0. The van der Waals surface area contributed by atoms with Crippen molar-refractivity contribution in [2.45, 2.75) is 51.2 Å². The number of pyridine rings is 1. The Bertz CT molecular complexity index is 1350. The molecule has 8 heteroatoms. The van der Waals surface area contributed by atoms with Crippen molar-refractivity contribution in [3.05, 3.63) is 65.1 Å². The molecule has 1 unspecified atom stereocenters. The van der Waals surface area contributed by atoms with Gasteiger partial charge >= 0.3 is 0 Å². The molecule has 0 fully saturated rings. The van der Waals surface area contributed by atoms with Gasteiger partial charge < -0.3 is 4.74 Å². The monoisotopic (exact) mass is 473 g/mol. The average molecular weight is 474 g/mol. The minimum atomic E-state index is -1.28. The van der Waals surface area contributed by atoms with Crippen molar-refractivity contribution in [2.24, 2.45) is 7.05 Å². The Morgan fingerprint density at radius 3 is 2.79 bits per heavy atom. The molecule has 0 radical (unpaired) electrons. The molecule has 0 spiro atoms. The molecule has 1 aromatic carbocycles. The van der Waals surface area contributed by atoms with E-state index in [-0.39, 0.29) is 6.23 Å². The molecule has 0 saturated carbocycles. The molecule has 3 aromatic heterocycles. The lowest BCUT2D eigenvalue weighted by atomic mass is 10.0. The highest BCUT2D eigenvalue weighted by Crippen LogP contribution is 2.35. The van der Waals surface area contributed by atoms with Crippen LogP contribution in [0, 0.1) is 0 Å². The van der Waals surface area contributed by atoms with Crippen molar-refractivity contribution >= 4 is 25.4 Å². The molecule has 0 amide bonds. The topological polar surface area (TPSA) is 74.8 Å². The van der Waals surface area contributed by atoms with Crippen molar-refractivity contribution in [1.82, 2.24) is 24.5 Å². The fourth-order valence-electron chi connectivity index (χ4n) is 4.67. The number of hydrogen-bond acceptors (Lipinski definition) is 5. The van der Waals surface area contributed by atoms with Crippen LogP contribution >= 0.6 is 0 Å². The number of fused-ring (bicyclic) bond motifs is 2. The molecule has 1 aliphatic rings. The lowest BCUT2D eigenvalue weighted by Gasteiger charge is -2.24. The number of benzene rings is 1. The zero-order valence-electron chi connectivity index (χ0n) is 20.3. The standard InChI is InChI=1S/C26H31N5O2Si/c1-30-16-20(15-28-30)24-25-23(13-18(17-32)14-27-25)31(29-24)26(33-11-12-34(2,3)4)22-10-6-8-19-7-5-9-21(19)22/h6,8,10,13-17,26H,5,7,9,11-12H2,1-4H3. The van der Waals surface area contributed by atoms with Crippen LogP contribution in [0.15, 0.2) is 42.9 Å². The zero-order chi connectivity index (χ0) is 23.9. The number of aromatic nitrogens is 5. The van der Waals surface area contributed by atoms with E-state index in [2.05, 4.69) is 47.9 Å². The Hall–Kier alpha value is -3.10. The third kappa shape index (κ3) is 4.35. The smallest absolute Gasteiger partial charge is 0.176 e. The summed E-state index contributed by atoms with van der Waals surface area (Å²) in [5.74, 6) is 0. The molecule has 4 aromatic rings. The molecule has 34 heavy (non-hydrogen) atoms. The lowest BCUT2D eigenvalue weighted by molar-refractivity contribution is 0.0346. The van der Waals surface area contributed by atoms with Gasteiger partial charge in [0, 0.05) is 50.8 Å². The summed E-state index contributed by atoms with van der Waals surface area (Å²) in [7, 11) is 0.601. The van der Waals surface area contributed by atoms with Gasteiger partial charge in [0.05, 0.1) is 11.7 Å². The molecule has 0 aliphatic heterocycles. The zero-order valence-corrected chi connectivity index (χ0v) is 21.3. The van der Waals surface area contributed by atoms with Crippen LogP contribution in [-0.2, 0) is 24.6 Å². The molecule has 0 bridgehead atoms. The van der Waals surface area contributed by atoms with Crippen LogP contribution in [0.5, 0.6) is 0 Å². The maximum atomic E-state index is 11.6. The van der Waals surface area contributed by atoms with Crippen LogP contribution in [0.4, 0.5) is 0 Å². The molecule has 0 N–H and O–H groups in total. The second-order valence-electron chi connectivity index (χ2n) is 10.3.